The van der Waals surface area contributed by atoms with Crippen LogP contribution in [-0.2, 0) is 19.5 Å². The second-order valence-electron chi connectivity index (χ2n) is 4.52. The summed E-state index contributed by atoms with van der Waals surface area (Å²) >= 11 is 5.85. The number of hydrogen-bond acceptors (Lipinski definition) is 6. The lowest BCUT2D eigenvalue weighted by Gasteiger charge is -1.96. The molecule has 3 rings (SSSR count). The minimum absolute atomic E-state index is 0.353. The van der Waals surface area contributed by atoms with Gasteiger partial charge in [0, 0.05) is 18.0 Å². The maximum Gasteiger partial charge on any atom is 0.248 e. The van der Waals surface area contributed by atoms with Crippen LogP contribution in [0.25, 0.3) is 0 Å². The van der Waals surface area contributed by atoms with Crippen LogP contribution in [0, 0.1) is 0 Å². The van der Waals surface area contributed by atoms with E-state index in [0.29, 0.717) is 36.2 Å². The van der Waals surface area contributed by atoms with E-state index in [1.807, 2.05) is 24.3 Å². The normalized spacial score (nSPS) is 11.0. The first-order valence-electron chi connectivity index (χ1n) is 6.38. The second kappa shape index (κ2) is 6.02. The smallest absolute Gasteiger partial charge is 0.248 e. The molecular formula is C13H13ClN6O. The van der Waals surface area contributed by atoms with Gasteiger partial charge in [0.05, 0.1) is 11.9 Å². The van der Waals surface area contributed by atoms with Gasteiger partial charge >= 0.3 is 0 Å². The molecule has 0 aliphatic carbocycles. The van der Waals surface area contributed by atoms with Crippen molar-refractivity contribution >= 4 is 11.6 Å². The summed E-state index contributed by atoms with van der Waals surface area (Å²) in [4.78, 5) is 4.33. The molecule has 1 aromatic carbocycles. The van der Waals surface area contributed by atoms with Crippen LogP contribution >= 0.6 is 11.6 Å². The second-order valence-corrected chi connectivity index (χ2v) is 4.96. The third-order valence-corrected chi connectivity index (χ3v) is 3.13. The maximum absolute atomic E-state index is 5.85. The summed E-state index contributed by atoms with van der Waals surface area (Å²) in [6.07, 6.45) is 2.34. The van der Waals surface area contributed by atoms with Gasteiger partial charge < -0.3 is 10.3 Å². The van der Waals surface area contributed by atoms with Crippen molar-refractivity contribution in [3.63, 3.8) is 0 Å². The molecule has 2 heterocycles. The fraction of sp³-hybridized carbons (Fsp3) is 0.231. The van der Waals surface area contributed by atoms with Crippen LogP contribution in [0.4, 0.5) is 0 Å². The largest absolute Gasteiger partial charge is 0.337 e. The predicted molar refractivity (Wildman–Crippen MR) is 75.6 cm³/mol. The molecule has 108 valence electrons. The van der Waals surface area contributed by atoms with Crippen LogP contribution < -0.4 is 5.73 Å². The number of benzene rings is 1. The van der Waals surface area contributed by atoms with E-state index in [-0.39, 0.29) is 0 Å². The Morgan fingerprint density at radius 2 is 2.05 bits per heavy atom. The van der Waals surface area contributed by atoms with Crippen LogP contribution in [0.15, 0.2) is 35.0 Å². The Hall–Kier alpha value is -2.25. The highest BCUT2D eigenvalue weighted by atomic mass is 35.5. The number of nitrogens with two attached hydrogens (primary N) is 1. The summed E-state index contributed by atoms with van der Waals surface area (Å²) in [5.74, 6) is 1.10. The van der Waals surface area contributed by atoms with E-state index in [1.165, 1.54) is 0 Å². The number of nitrogens with zero attached hydrogens (tertiary/aromatic N) is 5. The molecule has 0 spiro atoms. The fourth-order valence-corrected chi connectivity index (χ4v) is 1.98. The van der Waals surface area contributed by atoms with E-state index < -0.39 is 0 Å². The number of rotatable bonds is 5. The summed E-state index contributed by atoms with van der Waals surface area (Å²) in [5, 5.41) is 12.5. The standard InChI is InChI=1S/C13H13ClN6O/c14-10-3-1-9(2-4-10)5-12-16-13(21-18-12)8-20-7-11(6-15)17-19-20/h1-4,7H,5-6,8,15H2. The average molecular weight is 305 g/mol. The van der Waals surface area contributed by atoms with Crippen LogP contribution in [0.5, 0.6) is 0 Å². The highest BCUT2D eigenvalue weighted by Gasteiger charge is 2.09. The van der Waals surface area contributed by atoms with Crippen molar-refractivity contribution in [1.29, 1.82) is 0 Å². The zero-order valence-electron chi connectivity index (χ0n) is 11.1. The van der Waals surface area contributed by atoms with Gasteiger partial charge in [-0.05, 0) is 17.7 Å². The fourth-order valence-electron chi connectivity index (χ4n) is 1.86. The Kier molecular flexibility index (Phi) is 3.94. The quantitative estimate of drug-likeness (QED) is 0.765. The van der Waals surface area contributed by atoms with Gasteiger partial charge in [0.15, 0.2) is 5.82 Å². The van der Waals surface area contributed by atoms with Crippen molar-refractivity contribution in [3.05, 3.63) is 58.5 Å². The van der Waals surface area contributed by atoms with Gasteiger partial charge in [-0.15, -0.1) is 5.10 Å². The molecule has 0 saturated heterocycles. The van der Waals surface area contributed by atoms with Gasteiger partial charge in [-0.3, -0.25) is 0 Å². The van der Waals surface area contributed by atoms with E-state index in [9.17, 15) is 0 Å². The number of aromatic nitrogens is 5. The Bertz CT molecular complexity index is 720. The highest BCUT2D eigenvalue weighted by Crippen LogP contribution is 2.12. The molecule has 0 radical (unpaired) electrons. The minimum atomic E-state index is 0.353. The lowest BCUT2D eigenvalue weighted by atomic mass is 10.1. The molecule has 0 aliphatic heterocycles. The van der Waals surface area contributed by atoms with E-state index in [2.05, 4.69) is 20.5 Å². The van der Waals surface area contributed by atoms with E-state index >= 15 is 0 Å². The Morgan fingerprint density at radius 3 is 2.76 bits per heavy atom. The molecule has 0 amide bonds. The van der Waals surface area contributed by atoms with Crippen LogP contribution in [-0.4, -0.2) is 25.1 Å². The Morgan fingerprint density at radius 1 is 1.24 bits per heavy atom. The van der Waals surface area contributed by atoms with Gasteiger partial charge in [0.25, 0.3) is 0 Å². The third kappa shape index (κ3) is 3.45. The van der Waals surface area contributed by atoms with Crippen molar-refractivity contribution in [2.45, 2.75) is 19.5 Å². The number of hydrogen-bond donors (Lipinski definition) is 1. The first kappa shape index (κ1) is 13.7. The molecule has 0 unspecified atom stereocenters. The van der Waals surface area contributed by atoms with Crippen LogP contribution in [0.2, 0.25) is 5.02 Å². The summed E-state index contributed by atoms with van der Waals surface area (Å²) in [6, 6.07) is 7.54. The average Bonchev–Trinajstić information content (AvgIpc) is 3.11. The molecule has 0 fully saturated rings. The lowest BCUT2D eigenvalue weighted by molar-refractivity contribution is 0.360. The Labute approximate surface area is 125 Å². The van der Waals surface area contributed by atoms with Gasteiger partial charge in [0.1, 0.15) is 6.54 Å². The lowest BCUT2D eigenvalue weighted by Crippen LogP contribution is -2.01. The molecule has 0 atom stereocenters. The summed E-state index contributed by atoms with van der Waals surface area (Å²) in [7, 11) is 0. The molecule has 2 aromatic heterocycles. The summed E-state index contributed by atoms with van der Waals surface area (Å²) in [6.45, 7) is 0.728. The van der Waals surface area contributed by atoms with Gasteiger partial charge in [0.2, 0.25) is 5.89 Å². The Balaban J connectivity index is 1.67. The first-order chi connectivity index (χ1) is 10.2. The van der Waals surface area contributed by atoms with Crippen molar-refractivity contribution < 1.29 is 4.52 Å². The zero-order chi connectivity index (χ0) is 14.7. The molecule has 2 N–H and O–H groups in total. The molecule has 21 heavy (non-hydrogen) atoms. The van der Waals surface area contributed by atoms with Crippen molar-refractivity contribution in [2.75, 3.05) is 0 Å². The number of halogens is 1. The maximum atomic E-state index is 5.85. The van der Waals surface area contributed by atoms with Gasteiger partial charge in [-0.1, -0.05) is 34.1 Å². The van der Waals surface area contributed by atoms with Gasteiger partial charge in [-0.2, -0.15) is 4.98 Å². The van der Waals surface area contributed by atoms with E-state index in [1.54, 1.807) is 10.9 Å². The molecule has 3 aromatic rings. The minimum Gasteiger partial charge on any atom is -0.337 e. The predicted octanol–water partition coefficient (Wildman–Crippen LogP) is 1.41. The zero-order valence-corrected chi connectivity index (χ0v) is 11.9. The molecule has 8 heteroatoms. The van der Waals surface area contributed by atoms with Gasteiger partial charge in [-0.25, -0.2) is 4.68 Å². The van der Waals surface area contributed by atoms with Crippen molar-refractivity contribution in [2.24, 2.45) is 5.73 Å². The molecular weight excluding hydrogens is 292 g/mol. The molecule has 0 bridgehead atoms. The monoisotopic (exact) mass is 304 g/mol. The molecule has 0 saturated carbocycles. The topological polar surface area (TPSA) is 95.7 Å². The third-order valence-electron chi connectivity index (χ3n) is 2.88. The van der Waals surface area contributed by atoms with E-state index in [4.69, 9.17) is 21.9 Å². The molecule has 0 aliphatic rings. The van der Waals surface area contributed by atoms with Crippen LogP contribution in [0.1, 0.15) is 23.0 Å². The van der Waals surface area contributed by atoms with Crippen LogP contribution in [0.3, 0.4) is 0 Å². The first-order valence-corrected chi connectivity index (χ1v) is 6.76. The molecule has 7 nitrogen and oxygen atoms in total. The summed E-state index contributed by atoms with van der Waals surface area (Å²) < 4.78 is 6.81. The van der Waals surface area contributed by atoms with Crippen molar-refractivity contribution in [3.8, 4) is 0 Å². The SMILES string of the molecule is NCc1cn(Cc2nc(Cc3ccc(Cl)cc3)no2)nn1. The highest BCUT2D eigenvalue weighted by molar-refractivity contribution is 6.30. The van der Waals surface area contributed by atoms with Crippen molar-refractivity contribution in [1.82, 2.24) is 25.1 Å². The summed E-state index contributed by atoms with van der Waals surface area (Å²) in [5.41, 5.74) is 7.27. The van der Waals surface area contributed by atoms with E-state index in [0.717, 1.165) is 11.3 Å².